The van der Waals surface area contributed by atoms with Crippen molar-refractivity contribution in [2.45, 2.75) is 31.0 Å². The van der Waals surface area contributed by atoms with Crippen LogP contribution in [0.2, 0.25) is 0 Å². The highest BCUT2D eigenvalue weighted by Gasteiger charge is 2.41. The molecule has 1 aliphatic heterocycles. The first-order chi connectivity index (χ1) is 9.35. The van der Waals surface area contributed by atoms with E-state index < -0.39 is 0 Å². The average Bonchev–Trinajstić information content (AvgIpc) is 3.31. The molecule has 4 heteroatoms. The lowest BCUT2D eigenvalue weighted by Gasteiger charge is -2.41. The Bertz CT molecular complexity index is 492. The molecule has 1 heterocycles. The van der Waals surface area contributed by atoms with Crippen LogP contribution in [0, 0.1) is 11.3 Å². The van der Waals surface area contributed by atoms with Crippen molar-refractivity contribution in [3.8, 4) is 6.07 Å². The van der Waals surface area contributed by atoms with Crippen LogP contribution in [0.25, 0.3) is 0 Å². The van der Waals surface area contributed by atoms with Gasteiger partial charge in [-0.15, -0.1) is 0 Å². The molecule has 2 N–H and O–H groups in total. The molecule has 0 spiro atoms. The molecule has 2 unspecified atom stereocenters. The molecule has 4 nitrogen and oxygen atoms in total. The fraction of sp³-hybridized carbons (Fsp3) is 0.533. The summed E-state index contributed by atoms with van der Waals surface area (Å²) in [5.74, 6) is 0. The van der Waals surface area contributed by atoms with Gasteiger partial charge in [-0.25, -0.2) is 0 Å². The third-order valence-corrected chi connectivity index (χ3v) is 4.04. The summed E-state index contributed by atoms with van der Waals surface area (Å²) < 4.78 is 5.83. The van der Waals surface area contributed by atoms with Gasteiger partial charge in [-0.1, -0.05) is 18.2 Å². The lowest BCUT2D eigenvalue weighted by molar-refractivity contribution is -0.0713. The van der Waals surface area contributed by atoms with Crippen molar-refractivity contribution < 1.29 is 4.74 Å². The summed E-state index contributed by atoms with van der Waals surface area (Å²) in [6, 6.07) is 10.9. The van der Waals surface area contributed by atoms with Crippen LogP contribution in [0.4, 0.5) is 0 Å². The lowest BCUT2D eigenvalue weighted by Crippen LogP contribution is -2.49. The Kier molecular flexibility index (Phi) is 3.52. The SMILES string of the molecule is N#Cc1ccccc1C1C(CN)OCCN1C1CC1. The molecular weight excluding hydrogens is 238 g/mol. The fourth-order valence-electron chi connectivity index (χ4n) is 3.00. The van der Waals surface area contributed by atoms with Crippen molar-refractivity contribution in [2.24, 2.45) is 5.73 Å². The van der Waals surface area contributed by atoms with Crippen LogP contribution >= 0.6 is 0 Å². The molecule has 1 saturated heterocycles. The normalized spacial score (nSPS) is 28.0. The molecule has 2 fully saturated rings. The van der Waals surface area contributed by atoms with E-state index in [1.54, 1.807) is 0 Å². The number of ether oxygens (including phenoxy) is 1. The first kappa shape index (κ1) is 12.6. The Balaban J connectivity index is 1.98. The average molecular weight is 257 g/mol. The van der Waals surface area contributed by atoms with E-state index in [-0.39, 0.29) is 12.1 Å². The number of rotatable bonds is 3. The van der Waals surface area contributed by atoms with Crippen molar-refractivity contribution in [1.29, 1.82) is 5.26 Å². The van der Waals surface area contributed by atoms with E-state index in [1.807, 2.05) is 24.3 Å². The Labute approximate surface area is 113 Å². The monoisotopic (exact) mass is 257 g/mol. The molecule has 1 aromatic carbocycles. The van der Waals surface area contributed by atoms with E-state index in [1.165, 1.54) is 12.8 Å². The van der Waals surface area contributed by atoms with Crippen LogP contribution in [0.1, 0.15) is 30.0 Å². The summed E-state index contributed by atoms with van der Waals surface area (Å²) in [5.41, 5.74) is 7.67. The summed E-state index contributed by atoms with van der Waals surface area (Å²) in [6.45, 7) is 2.17. The zero-order valence-corrected chi connectivity index (χ0v) is 11.0. The molecule has 0 radical (unpaired) electrons. The second-order valence-corrected chi connectivity index (χ2v) is 5.26. The minimum absolute atomic E-state index is 0.0103. The van der Waals surface area contributed by atoms with E-state index in [0.29, 0.717) is 12.6 Å². The van der Waals surface area contributed by atoms with Gasteiger partial charge in [-0.2, -0.15) is 5.26 Å². The maximum atomic E-state index is 9.31. The van der Waals surface area contributed by atoms with Crippen LogP contribution < -0.4 is 5.73 Å². The van der Waals surface area contributed by atoms with Gasteiger partial charge in [-0.3, -0.25) is 4.90 Å². The molecule has 0 aromatic heterocycles. The Hall–Kier alpha value is -1.41. The van der Waals surface area contributed by atoms with Crippen molar-refractivity contribution in [3.63, 3.8) is 0 Å². The molecule has 100 valence electrons. The minimum atomic E-state index is -0.0103. The van der Waals surface area contributed by atoms with Crippen molar-refractivity contribution in [1.82, 2.24) is 4.90 Å². The topological polar surface area (TPSA) is 62.3 Å². The highest BCUT2D eigenvalue weighted by atomic mass is 16.5. The maximum absolute atomic E-state index is 9.31. The smallest absolute Gasteiger partial charge is 0.0995 e. The van der Waals surface area contributed by atoms with Gasteiger partial charge in [0.15, 0.2) is 0 Å². The lowest BCUT2D eigenvalue weighted by atomic mass is 9.94. The fourth-order valence-corrected chi connectivity index (χ4v) is 3.00. The molecule has 0 bridgehead atoms. The first-order valence-electron chi connectivity index (χ1n) is 6.91. The number of nitriles is 1. The van der Waals surface area contributed by atoms with Gasteiger partial charge in [0.25, 0.3) is 0 Å². The largest absolute Gasteiger partial charge is 0.374 e. The molecule has 3 rings (SSSR count). The summed E-state index contributed by atoms with van der Waals surface area (Å²) in [7, 11) is 0. The summed E-state index contributed by atoms with van der Waals surface area (Å²) >= 11 is 0. The van der Waals surface area contributed by atoms with Gasteiger partial charge in [0.2, 0.25) is 0 Å². The van der Waals surface area contributed by atoms with E-state index in [2.05, 4.69) is 11.0 Å². The number of hydrogen-bond donors (Lipinski definition) is 1. The van der Waals surface area contributed by atoms with Gasteiger partial charge >= 0.3 is 0 Å². The summed E-state index contributed by atoms with van der Waals surface area (Å²) in [6.07, 6.45) is 2.49. The van der Waals surface area contributed by atoms with Gasteiger partial charge in [0, 0.05) is 19.1 Å². The minimum Gasteiger partial charge on any atom is -0.374 e. The molecule has 19 heavy (non-hydrogen) atoms. The predicted octanol–water partition coefficient (Wildman–Crippen LogP) is 1.42. The van der Waals surface area contributed by atoms with Crippen molar-refractivity contribution in [2.75, 3.05) is 19.7 Å². The first-order valence-corrected chi connectivity index (χ1v) is 6.91. The van der Waals surface area contributed by atoms with E-state index in [0.717, 1.165) is 24.3 Å². The van der Waals surface area contributed by atoms with Crippen molar-refractivity contribution >= 4 is 0 Å². The van der Waals surface area contributed by atoms with E-state index in [4.69, 9.17) is 10.5 Å². The zero-order chi connectivity index (χ0) is 13.2. The Morgan fingerprint density at radius 3 is 2.84 bits per heavy atom. The number of nitrogens with two attached hydrogens (primary N) is 1. The predicted molar refractivity (Wildman–Crippen MR) is 72.4 cm³/mol. The van der Waals surface area contributed by atoms with E-state index in [9.17, 15) is 5.26 Å². The second kappa shape index (κ2) is 5.30. The van der Waals surface area contributed by atoms with Gasteiger partial charge in [0.05, 0.1) is 30.4 Å². The highest BCUT2D eigenvalue weighted by molar-refractivity contribution is 5.40. The number of benzene rings is 1. The Morgan fingerprint density at radius 1 is 1.37 bits per heavy atom. The third kappa shape index (κ3) is 2.37. The second-order valence-electron chi connectivity index (χ2n) is 5.26. The van der Waals surface area contributed by atoms with Crippen LogP contribution in [0.15, 0.2) is 24.3 Å². The molecular formula is C15H19N3O. The number of hydrogen-bond acceptors (Lipinski definition) is 4. The number of nitrogens with zero attached hydrogens (tertiary/aromatic N) is 2. The quantitative estimate of drug-likeness (QED) is 0.889. The van der Waals surface area contributed by atoms with E-state index >= 15 is 0 Å². The third-order valence-electron chi connectivity index (χ3n) is 4.04. The van der Waals surface area contributed by atoms with Crippen LogP contribution in [0.5, 0.6) is 0 Å². The number of morpholine rings is 1. The van der Waals surface area contributed by atoms with Crippen LogP contribution in [-0.4, -0.2) is 36.7 Å². The maximum Gasteiger partial charge on any atom is 0.0995 e. The zero-order valence-electron chi connectivity index (χ0n) is 11.0. The summed E-state index contributed by atoms with van der Waals surface area (Å²) in [4.78, 5) is 2.48. The van der Waals surface area contributed by atoms with Gasteiger partial charge in [-0.05, 0) is 24.5 Å². The highest BCUT2D eigenvalue weighted by Crippen LogP contribution is 2.39. The molecule has 1 aromatic rings. The van der Waals surface area contributed by atoms with Gasteiger partial charge in [0.1, 0.15) is 0 Å². The molecule has 2 aliphatic rings. The summed E-state index contributed by atoms with van der Waals surface area (Å²) in [5, 5.41) is 9.31. The van der Waals surface area contributed by atoms with Crippen LogP contribution in [0.3, 0.4) is 0 Å². The van der Waals surface area contributed by atoms with Crippen LogP contribution in [-0.2, 0) is 4.74 Å². The van der Waals surface area contributed by atoms with Gasteiger partial charge < -0.3 is 10.5 Å². The standard InChI is InChI=1S/C15H19N3O/c16-9-11-3-1-2-4-13(11)15-14(10-17)19-8-7-18(15)12-5-6-12/h1-4,12,14-15H,5-8,10,17H2. The molecule has 1 saturated carbocycles. The van der Waals surface area contributed by atoms with Crippen molar-refractivity contribution in [3.05, 3.63) is 35.4 Å². The Morgan fingerprint density at radius 2 is 2.16 bits per heavy atom. The molecule has 1 aliphatic carbocycles. The molecule has 0 amide bonds. The molecule has 2 atom stereocenters.